The lowest BCUT2D eigenvalue weighted by Crippen LogP contribution is -2.35. The van der Waals surface area contributed by atoms with Gasteiger partial charge in [0, 0.05) is 29.9 Å². The molecule has 0 saturated heterocycles. The minimum atomic E-state index is -0.176. The highest BCUT2D eigenvalue weighted by Crippen LogP contribution is 2.21. The van der Waals surface area contributed by atoms with Gasteiger partial charge in [0.2, 0.25) is 0 Å². The quantitative estimate of drug-likeness (QED) is 0.708. The molecule has 1 aliphatic rings. The topological polar surface area (TPSA) is 49.4 Å². The van der Waals surface area contributed by atoms with Crippen LogP contribution in [0.3, 0.4) is 0 Å². The largest absolute Gasteiger partial charge is 0.334 e. The molecule has 0 unspecified atom stereocenters. The van der Waals surface area contributed by atoms with E-state index in [-0.39, 0.29) is 11.8 Å². The fourth-order valence-corrected chi connectivity index (χ4v) is 3.68. The molecule has 1 aliphatic heterocycles. The molecular weight excluding hydrogens is 360 g/mol. The zero-order valence-electron chi connectivity index (χ0n) is 16.7. The first-order valence-corrected chi connectivity index (χ1v) is 9.86. The normalized spacial score (nSPS) is 13.0. The van der Waals surface area contributed by atoms with E-state index in [0.717, 1.165) is 23.2 Å². The van der Waals surface area contributed by atoms with Crippen LogP contribution in [0, 0.1) is 13.8 Å². The van der Waals surface area contributed by atoms with E-state index in [1.165, 1.54) is 11.1 Å². The minimum absolute atomic E-state index is 0.000917. The number of fused-ring (bicyclic) bond motifs is 1. The van der Waals surface area contributed by atoms with Crippen LogP contribution in [-0.2, 0) is 13.0 Å². The minimum Gasteiger partial charge on any atom is -0.334 e. The summed E-state index contributed by atoms with van der Waals surface area (Å²) in [6.07, 6.45) is 0.873. The molecule has 2 amide bonds. The highest BCUT2D eigenvalue weighted by atomic mass is 16.2. The number of hydrogen-bond donors (Lipinski definition) is 1. The molecule has 0 spiro atoms. The van der Waals surface area contributed by atoms with Crippen molar-refractivity contribution in [2.75, 3.05) is 11.9 Å². The van der Waals surface area contributed by atoms with Crippen molar-refractivity contribution in [1.82, 2.24) is 4.90 Å². The molecular formula is C25H24N2O2. The van der Waals surface area contributed by atoms with E-state index in [9.17, 15) is 9.59 Å². The number of nitrogens with zero attached hydrogens (tertiary/aromatic N) is 1. The Morgan fingerprint density at radius 3 is 2.31 bits per heavy atom. The monoisotopic (exact) mass is 384 g/mol. The van der Waals surface area contributed by atoms with Gasteiger partial charge in [-0.25, -0.2) is 0 Å². The third kappa shape index (κ3) is 4.06. The first-order chi connectivity index (χ1) is 14.0. The molecule has 29 heavy (non-hydrogen) atoms. The molecule has 3 aromatic rings. The number of carbonyl (C=O) groups is 2. The fraction of sp³-hybridized carbons (Fsp3) is 0.200. The second-order valence-corrected chi connectivity index (χ2v) is 7.60. The number of rotatable bonds is 3. The van der Waals surface area contributed by atoms with Crippen LogP contribution in [0.15, 0.2) is 66.7 Å². The van der Waals surface area contributed by atoms with Gasteiger partial charge in [0.05, 0.1) is 0 Å². The Bertz CT molecular complexity index is 1070. The molecule has 1 N–H and O–H groups in total. The zero-order valence-corrected chi connectivity index (χ0v) is 16.7. The van der Waals surface area contributed by atoms with Crippen LogP contribution >= 0.6 is 0 Å². The zero-order chi connectivity index (χ0) is 20.4. The van der Waals surface area contributed by atoms with Crippen LogP contribution in [0.1, 0.15) is 43.0 Å². The van der Waals surface area contributed by atoms with Gasteiger partial charge in [-0.1, -0.05) is 36.4 Å². The predicted octanol–water partition coefficient (Wildman–Crippen LogP) is 4.75. The number of nitrogens with one attached hydrogen (secondary N) is 1. The summed E-state index contributed by atoms with van der Waals surface area (Å²) in [4.78, 5) is 27.3. The molecule has 0 aromatic heterocycles. The molecule has 0 saturated carbocycles. The Labute approximate surface area is 171 Å². The van der Waals surface area contributed by atoms with Gasteiger partial charge in [0.15, 0.2) is 0 Å². The van der Waals surface area contributed by atoms with Crippen molar-refractivity contribution in [1.29, 1.82) is 0 Å². The van der Waals surface area contributed by atoms with E-state index >= 15 is 0 Å². The lowest BCUT2D eigenvalue weighted by atomic mass is 9.99. The summed E-state index contributed by atoms with van der Waals surface area (Å²) in [6, 6.07) is 21.1. The predicted molar refractivity (Wildman–Crippen MR) is 115 cm³/mol. The second-order valence-electron chi connectivity index (χ2n) is 7.60. The average Bonchev–Trinajstić information content (AvgIpc) is 2.75. The number of amides is 2. The molecule has 0 fully saturated rings. The smallest absolute Gasteiger partial charge is 0.255 e. The van der Waals surface area contributed by atoms with Crippen molar-refractivity contribution < 1.29 is 9.59 Å². The Kier molecular flexibility index (Phi) is 5.17. The molecule has 0 aliphatic carbocycles. The maximum Gasteiger partial charge on any atom is 0.255 e. The van der Waals surface area contributed by atoms with E-state index in [0.29, 0.717) is 24.2 Å². The number of carbonyl (C=O) groups excluding carboxylic acids is 2. The lowest BCUT2D eigenvalue weighted by Gasteiger charge is -2.29. The Morgan fingerprint density at radius 2 is 1.55 bits per heavy atom. The molecule has 0 atom stereocenters. The van der Waals surface area contributed by atoms with E-state index in [1.54, 1.807) is 24.3 Å². The molecule has 4 nitrogen and oxygen atoms in total. The van der Waals surface area contributed by atoms with Crippen LogP contribution in [0.4, 0.5) is 5.69 Å². The summed E-state index contributed by atoms with van der Waals surface area (Å²) in [5.41, 5.74) is 6.57. The standard InChI is InChI=1S/C25H24N2O2/c1-17-7-8-18(2)23(15-17)26-24(28)20-9-11-21(12-10-20)25(29)27-14-13-19-5-3-4-6-22(19)16-27/h3-12,15H,13-14,16H2,1-2H3,(H,26,28). The molecule has 3 aromatic carbocycles. The summed E-state index contributed by atoms with van der Waals surface area (Å²) < 4.78 is 0. The number of anilines is 1. The van der Waals surface area contributed by atoms with Crippen molar-refractivity contribution in [2.24, 2.45) is 0 Å². The van der Waals surface area contributed by atoms with Crippen LogP contribution in [0.2, 0.25) is 0 Å². The summed E-state index contributed by atoms with van der Waals surface area (Å²) in [5, 5.41) is 2.96. The molecule has 0 bridgehead atoms. The Hall–Kier alpha value is -3.40. The van der Waals surface area contributed by atoms with Gasteiger partial charge < -0.3 is 10.2 Å². The third-order valence-electron chi connectivity index (χ3n) is 5.45. The van der Waals surface area contributed by atoms with Crippen LogP contribution in [-0.4, -0.2) is 23.3 Å². The summed E-state index contributed by atoms with van der Waals surface area (Å²) in [5.74, 6) is -0.175. The molecule has 0 radical (unpaired) electrons. The van der Waals surface area contributed by atoms with E-state index in [4.69, 9.17) is 0 Å². The first-order valence-electron chi connectivity index (χ1n) is 9.86. The van der Waals surface area contributed by atoms with Crippen LogP contribution in [0.5, 0.6) is 0 Å². The molecule has 4 heteroatoms. The summed E-state index contributed by atoms with van der Waals surface area (Å²) in [6.45, 7) is 5.30. The van der Waals surface area contributed by atoms with Gasteiger partial charge in [-0.15, -0.1) is 0 Å². The second kappa shape index (κ2) is 7.92. The highest BCUT2D eigenvalue weighted by molar-refractivity contribution is 6.05. The van der Waals surface area contributed by atoms with Gasteiger partial charge in [-0.2, -0.15) is 0 Å². The maximum absolute atomic E-state index is 12.9. The van der Waals surface area contributed by atoms with Gasteiger partial charge in [-0.3, -0.25) is 9.59 Å². The van der Waals surface area contributed by atoms with Gasteiger partial charge in [-0.05, 0) is 72.9 Å². The maximum atomic E-state index is 12.9. The van der Waals surface area contributed by atoms with Gasteiger partial charge in [0.1, 0.15) is 0 Å². The van der Waals surface area contributed by atoms with E-state index < -0.39 is 0 Å². The average molecular weight is 384 g/mol. The fourth-order valence-electron chi connectivity index (χ4n) is 3.68. The Balaban J connectivity index is 1.45. The first kappa shape index (κ1) is 18.9. The van der Waals surface area contributed by atoms with E-state index in [2.05, 4.69) is 17.4 Å². The number of hydrogen-bond acceptors (Lipinski definition) is 2. The number of benzene rings is 3. The molecule has 1 heterocycles. The Morgan fingerprint density at radius 1 is 0.862 bits per heavy atom. The van der Waals surface area contributed by atoms with Crippen LogP contribution in [0.25, 0.3) is 0 Å². The number of aryl methyl sites for hydroxylation is 2. The van der Waals surface area contributed by atoms with Crippen molar-refractivity contribution in [3.63, 3.8) is 0 Å². The highest BCUT2D eigenvalue weighted by Gasteiger charge is 2.21. The van der Waals surface area contributed by atoms with Crippen LogP contribution < -0.4 is 5.32 Å². The van der Waals surface area contributed by atoms with Gasteiger partial charge in [0.25, 0.3) is 11.8 Å². The van der Waals surface area contributed by atoms with E-state index in [1.807, 2.05) is 49.1 Å². The van der Waals surface area contributed by atoms with Gasteiger partial charge >= 0.3 is 0 Å². The SMILES string of the molecule is Cc1ccc(C)c(NC(=O)c2ccc(C(=O)N3CCc4ccccc4C3)cc2)c1. The summed E-state index contributed by atoms with van der Waals surface area (Å²) in [7, 11) is 0. The lowest BCUT2D eigenvalue weighted by molar-refractivity contribution is 0.0734. The van der Waals surface area contributed by atoms with Crippen molar-refractivity contribution in [3.05, 3.63) is 100 Å². The summed E-state index contributed by atoms with van der Waals surface area (Å²) >= 11 is 0. The molecule has 146 valence electrons. The van der Waals surface area contributed by atoms with Crippen molar-refractivity contribution in [2.45, 2.75) is 26.8 Å². The molecule has 4 rings (SSSR count). The van der Waals surface area contributed by atoms with Crippen molar-refractivity contribution in [3.8, 4) is 0 Å². The third-order valence-corrected chi connectivity index (χ3v) is 5.45. The van der Waals surface area contributed by atoms with Crippen molar-refractivity contribution >= 4 is 17.5 Å².